The lowest BCUT2D eigenvalue weighted by molar-refractivity contribution is 0.248. The Bertz CT molecular complexity index is 502. The first kappa shape index (κ1) is 11.9. The van der Waals surface area contributed by atoms with Crippen LogP contribution in [0.3, 0.4) is 0 Å². The first-order valence-electron chi connectivity index (χ1n) is 5.00. The predicted molar refractivity (Wildman–Crippen MR) is 59.3 cm³/mol. The van der Waals surface area contributed by atoms with Crippen LogP contribution in [0.4, 0.5) is 4.39 Å². The molecule has 1 aromatic carbocycles. The fraction of sp³-hybridized carbons (Fsp3) is 0.273. The molecule has 1 aromatic heterocycles. The van der Waals surface area contributed by atoms with Gasteiger partial charge in [0, 0.05) is 0 Å². The van der Waals surface area contributed by atoms with Gasteiger partial charge >= 0.3 is 0 Å². The highest BCUT2D eigenvalue weighted by Gasteiger charge is 2.12. The molecule has 0 radical (unpaired) electrons. The Morgan fingerprint density at radius 3 is 2.82 bits per heavy atom. The average molecular weight is 257 g/mol. The molecule has 90 valence electrons. The summed E-state index contributed by atoms with van der Waals surface area (Å²) >= 11 is 5.76. The Labute approximate surface area is 102 Å². The van der Waals surface area contributed by atoms with E-state index in [9.17, 15) is 4.39 Å². The number of para-hydroxylation sites is 1. The Kier molecular flexibility index (Phi) is 3.58. The summed E-state index contributed by atoms with van der Waals surface area (Å²) in [7, 11) is 0. The molecule has 0 amide bonds. The molecule has 1 unspecified atom stereocenters. The maximum atomic E-state index is 13.2. The van der Waals surface area contributed by atoms with Crippen LogP contribution in [0.5, 0.6) is 5.75 Å². The highest BCUT2D eigenvalue weighted by molar-refractivity contribution is 6.20. The van der Waals surface area contributed by atoms with Gasteiger partial charge in [-0.15, -0.1) is 21.8 Å². The molecular weight excluding hydrogens is 247 g/mol. The van der Waals surface area contributed by atoms with Crippen LogP contribution in [0.1, 0.15) is 24.1 Å². The molecule has 2 aromatic rings. The van der Waals surface area contributed by atoms with E-state index in [0.29, 0.717) is 5.89 Å². The third-order valence-corrected chi connectivity index (χ3v) is 2.20. The molecule has 0 spiro atoms. The Balaban J connectivity index is 2.00. The summed E-state index contributed by atoms with van der Waals surface area (Å²) in [6, 6.07) is 6.10. The highest BCUT2D eigenvalue weighted by atomic mass is 35.5. The van der Waals surface area contributed by atoms with E-state index < -0.39 is 5.82 Å². The second-order valence-electron chi connectivity index (χ2n) is 3.37. The SMILES string of the molecule is CC(Cl)c1nnc(COc2ccccc2F)o1. The van der Waals surface area contributed by atoms with E-state index >= 15 is 0 Å². The average Bonchev–Trinajstić information content (AvgIpc) is 2.77. The van der Waals surface area contributed by atoms with Crippen molar-refractivity contribution in [1.82, 2.24) is 10.2 Å². The number of ether oxygens (including phenoxy) is 1. The van der Waals surface area contributed by atoms with E-state index in [-0.39, 0.29) is 23.6 Å². The summed E-state index contributed by atoms with van der Waals surface area (Å²) in [5.74, 6) is 0.290. The monoisotopic (exact) mass is 256 g/mol. The van der Waals surface area contributed by atoms with Gasteiger partial charge in [0.1, 0.15) is 5.38 Å². The lowest BCUT2D eigenvalue weighted by Crippen LogP contribution is -1.97. The Morgan fingerprint density at radius 1 is 1.41 bits per heavy atom. The van der Waals surface area contributed by atoms with Crippen LogP contribution in [-0.2, 0) is 6.61 Å². The van der Waals surface area contributed by atoms with E-state index in [4.69, 9.17) is 20.8 Å². The van der Waals surface area contributed by atoms with Gasteiger partial charge in [-0.1, -0.05) is 12.1 Å². The molecule has 2 rings (SSSR count). The summed E-state index contributed by atoms with van der Waals surface area (Å²) in [6.07, 6.45) is 0. The molecule has 0 saturated carbocycles. The van der Waals surface area contributed by atoms with Crippen molar-refractivity contribution in [3.05, 3.63) is 41.9 Å². The quantitative estimate of drug-likeness (QED) is 0.789. The predicted octanol–water partition coefficient (Wildman–Crippen LogP) is 3.09. The fourth-order valence-electron chi connectivity index (χ4n) is 1.19. The molecule has 17 heavy (non-hydrogen) atoms. The largest absolute Gasteiger partial charge is 0.481 e. The van der Waals surface area contributed by atoms with E-state index in [0.717, 1.165) is 0 Å². The minimum Gasteiger partial charge on any atom is -0.481 e. The minimum atomic E-state index is -0.432. The zero-order valence-electron chi connectivity index (χ0n) is 9.06. The molecule has 0 bridgehead atoms. The van der Waals surface area contributed by atoms with Crippen LogP contribution in [0, 0.1) is 5.82 Å². The molecule has 0 aliphatic heterocycles. The van der Waals surface area contributed by atoms with Crippen molar-refractivity contribution in [1.29, 1.82) is 0 Å². The van der Waals surface area contributed by atoms with Gasteiger partial charge in [0.25, 0.3) is 5.89 Å². The van der Waals surface area contributed by atoms with Crippen LogP contribution >= 0.6 is 11.6 Å². The lowest BCUT2D eigenvalue weighted by atomic mass is 10.3. The molecule has 6 heteroatoms. The second-order valence-corrected chi connectivity index (χ2v) is 4.02. The van der Waals surface area contributed by atoms with Gasteiger partial charge in [0.2, 0.25) is 5.89 Å². The van der Waals surface area contributed by atoms with Gasteiger partial charge in [-0.05, 0) is 19.1 Å². The standard InChI is InChI=1S/C11H10ClFN2O2/c1-7(12)11-15-14-10(17-11)6-16-9-5-3-2-4-8(9)13/h2-5,7H,6H2,1H3. The van der Waals surface area contributed by atoms with Crippen molar-refractivity contribution in [2.75, 3.05) is 0 Å². The Morgan fingerprint density at radius 2 is 2.18 bits per heavy atom. The molecule has 0 saturated heterocycles. The van der Waals surface area contributed by atoms with Crippen LogP contribution in [0.25, 0.3) is 0 Å². The van der Waals surface area contributed by atoms with Gasteiger partial charge in [0.15, 0.2) is 18.2 Å². The number of benzene rings is 1. The molecule has 0 aliphatic rings. The first-order valence-corrected chi connectivity index (χ1v) is 5.44. The molecule has 0 fully saturated rings. The number of halogens is 2. The highest BCUT2D eigenvalue weighted by Crippen LogP contribution is 2.19. The van der Waals surface area contributed by atoms with Crippen molar-refractivity contribution in [3.8, 4) is 5.75 Å². The fourth-order valence-corrected chi connectivity index (χ4v) is 1.28. The molecule has 1 heterocycles. The molecule has 0 aliphatic carbocycles. The normalized spacial score (nSPS) is 12.4. The smallest absolute Gasteiger partial charge is 0.253 e. The third-order valence-electron chi connectivity index (χ3n) is 2.01. The van der Waals surface area contributed by atoms with E-state index in [1.54, 1.807) is 19.1 Å². The molecule has 0 N–H and O–H groups in total. The first-order chi connectivity index (χ1) is 8.16. The van der Waals surface area contributed by atoms with Gasteiger partial charge in [-0.3, -0.25) is 0 Å². The zero-order valence-corrected chi connectivity index (χ0v) is 9.82. The van der Waals surface area contributed by atoms with Gasteiger partial charge in [-0.25, -0.2) is 4.39 Å². The van der Waals surface area contributed by atoms with Crippen LogP contribution < -0.4 is 4.74 Å². The third kappa shape index (κ3) is 2.94. The van der Waals surface area contributed by atoms with E-state index in [1.165, 1.54) is 12.1 Å². The van der Waals surface area contributed by atoms with Gasteiger partial charge < -0.3 is 9.15 Å². The second kappa shape index (κ2) is 5.14. The minimum absolute atomic E-state index is 0.0115. The number of nitrogens with zero attached hydrogens (tertiary/aromatic N) is 2. The van der Waals surface area contributed by atoms with Crippen molar-refractivity contribution in [2.24, 2.45) is 0 Å². The number of hydrogen-bond acceptors (Lipinski definition) is 4. The summed E-state index contributed by atoms with van der Waals surface area (Å²) in [4.78, 5) is 0. The van der Waals surface area contributed by atoms with E-state index in [2.05, 4.69) is 10.2 Å². The van der Waals surface area contributed by atoms with Crippen LogP contribution in [0.15, 0.2) is 28.7 Å². The van der Waals surface area contributed by atoms with Crippen LogP contribution in [-0.4, -0.2) is 10.2 Å². The maximum absolute atomic E-state index is 13.2. The van der Waals surface area contributed by atoms with Crippen molar-refractivity contribution in [2.45, 2.75) is 18.9 Å². The summed E-state index contributed by atoms with van der Waals surface area (Å²) in [6.45, 7) is 1.73. The number of rotatable bonds is 4. The van der Waals surface area contributed by atoms with Gasteiger partial charge in [-0.2, -0.15) is 0 Å². The van der Waals surface area contributed by atoms with Crippen molar-refractivity contribution >= 4 is 11.6 Å². The summed E-state index contributed by atoms with van der Waals surface area (Å²) < 4.78 is 23.6. The Hall–Kier alpha value is -1.62. The maximum Gasteiger partial charge on any atom is 0.253 e. The number of aromatic nitrogens is 2. The summed E-state index contributed by atoms with van der Waals surface area (Å²) in [5.41, 5.74) is 0. The molecule has 1 atom stereocenters. The van der Waals surface area contributed by atoms with Gasteiger partial charge in [0.05, 0.1) is 0 Å². The number of hydrogen-bond donors (Lipinski definition) is 0. The lowest BCUT2D eigenvalue weighted by Gasteiger charge is -2.03. The topological polar surface area (TPSA) is 48.2 Å². The summed E-state index contributed by atoms with van der Waals surface area (Å²) in [5, 5.41) is 7.10. The van der Waals surface area contributed by atoms with Crippen molar-refractivity contribution in [3.63, 3.8) is 0 Å². The molecule has 4 nitrogen and oxygen atoms in total. The van der Waals surface area contributed by atoms with E-state index in [1.807, 2.05) is 0 Å². The van der Waals surface area contributed by atoms with Crippen molar-refractivity contribution < 1.29 is 13.5 Å². The van der Waals surface area contributed by atoms with Crippen LogP contribution in [0.2, 0.25) is 0 Å². The molecular formula is C11H10ClFN2O2. The number of alkyl halides is 1. The zero-order chi connectivity index (χ0) is 12.3.